The predicted molar refractivity (Wildman–Crippen MR) is 62.7 cm³/mol. The second kappa shape index (κ2) is 4.45. The first-order valence-electron chi connectivity index (χ1n) is 4.89. The largest absolute Gasteiger partial charge is 0.380 e. The fraction of sp³-hybridized carbons (Fsp3) is 0.375. The molecule has 0 aliphatic heterocycles. The lowest BCUT2D eigenvalue weighted by Gasteiger charge is -1.97. The minimum Gasteiger partial charge on any atom is -0.380 e. The van der Waals surface area contributed by atoms with Crippen molar-refractivity contribution in [2.45, 2.75) is 19.8 Å². The molecule has 0 atom stereocenters. The molecule has 0 aromatic carbocycles. The number of carbonyl (C=O) groups is 1. The Morgan fingerprint density at radius 3 is 2.71 bits per heavy atom. The number of hydrogen-bond donors (Lipinski definition) is 3. The Balaban J connectivity index is 2.11. The summed E-state index contributed by atoms with van der Waals surface area (Å²) in [4.78, 5) is 11.7. The number of nitrogens with zero attached hydrogens (tertiary/aromatic N) is 4. The number of hydrogen-bond acceptors (Lipinski definition) is 7. The Bertz CT molecular complexity index is 531. The van der Waals surface area contributed by atoms with Crippen molar-refractivity contribution in [1.29, 1.82) is 0 Å². The highest BCUT2D eigenvalue weighted by Gasteiger charge is 2.16. The Hall–Kier alpha value is -2.03. The molecular formula is C8H11N7OS. The molecule has 0 unspecified atom stereocenters. The highest BCUT2D eigenvalue weighted by atomic mass is 32.1. The van der Waals surface area contributed by atoms with Gasteiger partial charge in [-0.25, -0.2) is 0 Å². The maximum Gasteiger partial charge on any atom is 0.281 e. The number of nitrogens with one attached hydrogen (secondary N) is 2. The van der Waals surface area contributed by atoms with E-state index in [1.807, 2.05) is 13.8 Å². The molecule has 0 fully saturated rings. The second-order valence-corrected chi connectivity index (χ2v) is 4.62. The van der Waals surface area contributed by atoms with Crippen LogP contribution < -0.4 is 11.1 Å². The molecule has 0 bridgehead atoms. The number of amides is 1. The van der Waals surface area contributed by atoms with Crippen LogP contribution in [0.15, 0.2) is 0 Å². The smallest absolute Gasteiger partial charge is 0.281 e. The molecule has 4 N–H and O–H groups in total. The zero-order valence-corrected chi connectivity index (χ0v) is 10.1. The molecule has 2 aromatic rings. The van der Waals surface area contributed by atoms with E-state index in [0.29, 0.717) is 5.13 Å². The van der Waals surface area contributed by atoms with Crippen molar-refractivity contribution < 1.29 is 4.79 Å². The summed E-state index contributed by atoms with van der Waals surface area (Å²) < 4.78 is 0. The van der Waals surface area contributed by atoms with Crippen LogP contribution >= 0.6 is 11.3 Å². The van der Waals surface area contributed by atoms with Gasteiger partial charge in [0.1, 0.15) is 5.01 Å². The van der Waals surface area contributed by atoms with Crippen molar-refractivity contribution >= 4 is 28.2 Å². The standard InChI is InChI=1S/C8H11N7OS/c1-3(2)7-13-14-8(17-7)10-6(16)4-5(9)12-15-11-4/h3H,1-2H3,(H,10,14,16)(H3,9,11,12,15). The van der Waals surface area contributed by atoms with Crippen molar-refractivity contribution in [2.24, 2.45) is 0 Å². The van der Waals surface area contributed by atoms with Gasteiger partial charge in [-0.05, 0) is 0 Å². The summed E-state index contributed by atoms with van der Waals surface area (Å²) in [6, 6.07) is 0. The van der Waals surface area contributed by atoms with Gasteiger partial charge >= 0.3 is 0 Å². The SMILES string of the molecule is CC(C)c1nnc(NC(=O)c2n[nH]nc2N)s1. The van der Waals surface area contributed by atoms with Gasteiger partial charge in [0.15, 0.2) is 11.5 Å². The topological polar surface area (TPSA) is 122 Å². The molecular weight excluding hydrogens is 242 g/mol. The summed E-state index contributed by atoms with van der Waals surface area (Å²) in [5.41, 5.74) is 5.50. The van der Waals surface area contributed by atoms with Gasteiger partial charge in [-0.1, -0.05) is 25.2 Å². The van der Waals surface area contributed by atoms with Crippen LogP contribution in [0.4, 0.5) is 10.9 Å². The van der Waals surface area contributed by atoms with Crippen LogP contribution in [-0.4, -0.2) is 31.5 Å². The second-order valence-electron chi connectivity index (χ2n) is 3.61. The molecule has 9 heteroatoms. The lowest BCUT2D eigenvalue weighted by Crippen LogP contribution is -2.14. The Morgan fingerprint density at radius 2 is 2.18 bits per heavy atom. The minimum absolute atomic E-state index is 0.0475. The van der Waals surface area contributed by atoms with E-state index in [2.05, 4.69) is 30.9 Å². The first-order chi connectivity index (χ1) is 8.08. The van der Waals surface area contributed by atoms with Crippen molar-refractivity contribution in [2.75, 3.05) is 11.1 Å². The Kier molecular flexibility index (Phi) is 3.00. The first-order valence-corrected chi connectivity index (χ1v) is 5.70. The zero-order valence-electron chi connectivity index (χ0n) is 9.26. The van der Waals surface area contributed by atoms with E-state index in [1.165, 1.54) is 11.3 Å². The van der Waals surface area contributed by atoms with Crippen LogP contribution in [0.5, 0.6) is 0 Å². The summed E-state index contributed by atoms with van der Waals surface area (Å²) in [5, 5.41) is 21.1. The van der Waals surface area contributed by atoms with Crippen molar-refractivity contribution in [3.8, 4) is 0 Å². The molecule has 2 rings (SSSR count). The molecule has 0 saturated heterocycles. The van der Waals surface area contributed by atoms with Crippen LogP contribution in [0.25, 0.3) is 0 Å². The number of anilines is 2. The van der Waals surface area contributed by atoms with Gasteiger partial charge in [-0.3, -0.25) is 10.1 Å². The molecule has 1 amide bonds. The molecule has 0 aliphatic rings. The number of H-pyrrole nitrogens is 1. The number of aromatic amines is 1. The van der Waals surface area contributed by atoms with Crippen molar-refractivity contribution in [1.82, 2.24) is 25.6 Å². The lowest BCUT2D eigenvalue weighted by molar-refractivity contribution is 0.102. The van der Waals surface area contributed by atoms with Gasteiger partial charge in [0.25, 0.3) is 5.91 Å². The van der Waals surface area contributed by atoms with E-state index >= 15 is 0 Å². The minimum atomic E-state index is -0.456. The van der Waals surface area contributed by atoms with Crippen LogP contribution in [0.1, 0.15) is 35.3 Å². The van der Waals surface area contributed by atoms with Crippen LogP contribution in [-0.2, 0) is 0 Å². The predicted octanol–water partition coefficient (Wildman–Crippen LogP) is 0.614. The van der Waals surface area contributed by atoms with E-state index < -0.39 is 5.91 Å². The zero-order chi connectivity index (χ0) is 12.4. The van der Waals surface area contributed by atoms with E-state index in [4.69, 9.17) is 5.73 Å². The maximum absolute atomic E-state index is 11.7. The normalized spacial score (nSPS) is 10.8. The molecule has 2 heterocycles. The number of nitrogen functional groups attached to an aromatic ring is 1. The highest BCUT2D eigenvalue weighted by Crippen LogP contribution is 2.22. The number of nitrogens with two attached hydrogens (primary N) is 1. The van der Waals surface area contributed by atoms with Gasteiger partial charge < -0.3 is 5.73 Å². The molecule has 90 valence electrons. The van der Waals surface area contributed by atoms with E-state index in [0.717, 1.165) is 5.01 Å². The molecule has 0 saturated carbocycles. The maximum atomic E-state index is 11.7. The Morgan fingerprint density at radius 1 is 1.41 bits per heavy atom. The average Bonchev–Trinajstić information content (AvgIpc) is 2.86. The van der Waals surface area contributed by atoms with E-state index in [-0.39, 0.29) is 17.4 Å². The van der Waals surface area contributed by atoms with Crippen LogP contribution in [0.2, 0.25) is 0 Å². The summed E-state index contributed by atoms with van der Waals surface area (Å²) >= 11 is 1.32. The van der Waals surface area contributed by atoms with Gasteiger partial charge in [-0.15, -0.1) is 20.4 Å². The number of carbonyl (C=O) groups excluding carboxylic acids is 1. The average molecular weight is 253 g/mol. The summed E-state index contributed by atoms with van der Waals surface area (Å²) in [7, 11) is 0. The summed E-state index contributed by atoms with van der Waals surface area (Å²) in [6.07, 6.45) is 0. The number of aromatic nitrogens is 5. The third-order valence-electron chi connectivity index (χ3n) is 1.94. The Labute approximate surface area is 101 Å². The van der Waals surface area contributed by atoms with Crippen molar-refractivity contribution in [3.63, 3.8) is 0 Å². The third kappa shape index (κ3) is 2.38. The molecule has 2 aromatic heterocycles. The van der Waals surface area contributed by atoms with Crippen molar-refractivity contribution in [3.05, 3.63) is 10.7 Å². The molecule has 17 heavy (non-hydrogen) atoms. The highest BCUT2D eigenvalue weighted by molar-refractivity contribution is 7.15. The molecule has 0 spiro atoms. The molecule has 0 aliphatic carbocycles. The van der Waals surface area contributed by atoms with E-state index in [9.17, 15) is 4.79 Å². The fourth-order valence-corrected chi connectivity index (χ4v) is 1.82. The van der Waals surface area contributed by atoms with Gasteiger partial charge in [0.05, 0.1) is 0 Å². The van der Waals surface area contributed by atoms with Gasteiger partial charge in [0.2, 0.25) is 5.13 Å². The van der Waals surface area contributed by atoms with Gasteiger partial charge in [-0.2, -0.15) is 5.21 Å². The third-order valence-corrected chi connectivity index (χ3v) is 3.08. The fourth-order valence-electron chi connectivity index (χ4n) is 1.08. The molecule has 8 nitrogen and oxygen atoms in total. The lowest BCUT2D eigenvalue weighted by atomic mass is 10.2. The van der Waals surface area contributed by atoms with Gasteiger partial charge in [0, 0.05) is 5.92 Å². The monoisotopic (exact) mass is 253 g/mol. The van der Waals surface area contributed by atoms with Crippen LogP contribution in [0.3, 0.4) is 0 Å². The molecule has 0 radical (unpaired) electrons. The summed E-state index contributed by atoms with van der Waals surface area (Å²) in [5.74, 6) is -0.130. The van der Waals surface area contributed by atoms with E-state index in [1.54, 1.807) is 0 Å². The number of rotatable bonds is 3. The summed E-state index contributed by atoms with van der Waals surface area (Å²) in [6.45, 7) is 4.00. The first kappa shape index (κ1) is 11.5. The van der Waals surface area contributed by atoms with Crippen LogP contribution in [0, 0.1) is 0 Å². The quantitative estimate of drug-likeness (QED) is 0.736.